The Balaban J connectivity index is 1.55. The van der Waals surface area contributed by atoms with Crippen LogP contribution in [0, 0.1) is 0 Å². The van der Waals surface area contributed by atoms with Gasteiger partial charge in [0.05, 0.1) is 6.61 Å². The Labute approximate surface area is 163 Å². The minimum atomic E-state index is -0.448. The fourth-order valence-electron chi connectivity index (χ4n) is 2.95. The van der Waals surface area contributed by atoms with Gasteiger partial charge in [-0.25, -0.2) is 9.79 Å². The van der Waals surface area contributed by atoms with E-state index in [0.29, 0.717) is 12.5 Å². The highest BCUT2D eigenvalue weighted by molar-refractivity contribution is 6.12. The van der Waals surface area contributed by atoms with E-state index >= 15 is 0 Å². The molecule has 0 bridgehead atoms. The van der Waals surface area contributed by atoms with Gasteiger partial charge in [-0.1, -0.05) is 54.6 Å². The van der Waals surface area contributed by atoms with Gasteiger partial charge in [0.1, 0.15) is 5.75 Å². The van der Waals surface area contributed by atoms with E-state index in [1.54, 1.807) is 6.08 Å². The van der Waals surface area contributed by atoms with E-state index in [1.807, 2.05) is 73.7 Å². The number of rotatable bonds is 5. The number of nitrogens with zero attached hydrogens (tertiary/aromatic N) is 1. The Kier molecular flexibility index (Phi) is 5.02. The molecular weight excluding hydrogens is 350 g/mol. The lowest BCUT2D eigenvalue weighted by Gasteiger charge is -2.03. The molecule has 0 radical (unpaired) electrons. The summed E-state index contributed by atoms with van der Waals surface area (Å²) in [6.07, 6.45) is 1.71. The highest BCUT2D eigenvalue weighted by atomic mass is 16.6. The summed E-state index contributed by atoms with van der Waals surface area (Å²) in [4.78, 5) is 16.6. The van der Waals surface area contributed by atoms with Gasteiger partial charge in [0, 0.05) is 5.56 Å². The predicted molar refractivity (Wildman–Crippen MR) is 110 cm³/mol. The van der Waals surface area contributed by atoms with Crippen LogP contribution in [0.4, 0.5) is 0 Å². The first-order valence-electron chi connectivity index (χ1n) is 9.14. The number of hydrogen-bond acceptors (Lipinski definition) is 4. The number of carbonyl (C=O) groups excluding carboxylic acids is 1. The molecule has 1 aliphatic heterocycles. The molecule has 1 aliphatic rings. The zero-order valence-corrected chi connectivity index (χ0v) is 15.5. The normalized spacial score (nSPS) is 14.7. The average molecular weight is 369 g/mol. The molecule has 0 saturated heterocycles. The predicted octanol–water partition coefficient (Wildman–Crippen LogP) is 5.10. The van der Waals surface area contributed by atoms with Crippen LogP contribution in [0.25, 0.3) is 17.2 Å². The van der Waals surface area contributed by atoms with Gasteiger partial charge in [-0.15, -0.1) is 0 Å². The molecule has 0 fully saturated rings. The average Bonchev–Trinajstić information content (AvgIpc) is 3.11. The van der Waals surface area contributed by atoms with Crippen LogP contribution >= 0.6 is 0 Å². The summed E-state index contributed by atoms with van der Waals surface area (Å²) in [7, 11) is 0. The summed E-state index contributed by atoms with van der Waals surface area (Å²) in [6, 6.07) is 25.4. The molecule has 0 N–H and O–H groups in total. The van der Waals surface area contributed by atoms with Crippen LogP contribution in [0.2, 0.25) is 0 Å². The van der Waals surface area contributed by atoms with Gasteiger partial charge in [-0.05, 0) is 54.0 Å². The molecule has 138 valence electrons. The molecule has 3 aromatic rings. The number of carbonyl (C=O) groups is 1. The molecule has 0 atom stereocenters. The molecule has 4 heteroatoms. The van der Waals surface area contributed by atoms with Gasteiger partial charge in [0.15, 0.2) is 5.70 Å². The van der Waals surface area contributed by atoms with E-state index in [1.165, 1.54) is 0 Å². The van der Waals surface area contributed by atoms with E-state index in [2.05, 4.69) is 17.1 Å². The van der Waals surface area contributed by atoms with Crippen molar-refractivity contribution >= 4 is 17.9 Å². The van der Waals surface area contributed by atoms with Gasteiger partial charge in [-0.3, -0.25) is 0 Å². The summed E-state index contributed by atoms with van der Waals surface area (Å²) in [5, 5.41) is 0. The third-order valence-electron chi connectivity index (χ3n) is 4.35. The van der Waals surface area contributed by atoms with Gasteiger partial charge in [0.25, 0.3) is 0 Å². The minimum absolute atomic E-state index is 0.284. The first-order chi connectivity index (χ1) is 13.7. The standard InChI is InChI=1S/C24H19NO3/c1-2-27-21-14-8-17(9-15-21)16-22-24(26)28-23(25-22)20-12-10-19(11-13-20)18-6-4-3-5-7-18/h3-16H,2H2,1H3. The highest BCUT2D eigenvalue weighted by Gasteiger charge is 2.24. The summed E-state index contributed by atoms with van der Waals surface area (Å²) in [5.74, 6) is 0.666. The van der Waals surface area contributed by atoms with E-state index in [4.69, 9.17) is 9.47 Å². The second-order valence-corrected chi connectivity index (χ2v) is 6.28. The minimum Gasteiger partial charge on any atom is -0.494 e. The van der Waals surface area contributed by atoms with Crippen molar-refractivity contribution in [3.05, 3.63) is 95.7 Å². The van der Waals surface area contributed by atoms with Crippen molar-refractivity contribution in [2.75, 3.05) is 6.61 Å². The Morgan fingerprint density at radius 2 is 1.50 bits per heavy atom. The quantitative estimate of drug-likeness (QED) is 0.464. The van der Waals surface area contributed by atoms with Crippen molar-refractivity contribution in [3.8, 4) is 16.9 Å². The molecule has 4 nitrogen and oxygen atoms in total. The number of ether oxygens (including phenoxy) is 2. The van der Waals surface area contributed by atoms with Crippen LogP contribution in [0.1, 0.15) is 18.1 Å². The van der Waals surface area contributed by atoms with Crippen molar-refractivity contribution in [2.24, 2.45) is 4.99 Å². The zero-order valence-electron chi connectivity index (χ0n) is 15.5. The van der Waals surface area contributed by atoms with Crippen LogP contribution in [-0.4, -0.2) is 18.5 Å². The molecule has 0 unspecified atom stereocenters. The Morgan fingerprint density at radius 1 is 0.857 bits per heavy atom. The first kappa shape index (κ1) is 17.7. The molecule has 28 heavy (non-hydrogen) atoms. The molecule has 1 heterocycles. The largest absolute Gasteiger partial charge is 0.494 e. The van der Waals surface area contributed by atoms with E-state index < -0.39 is 5.97 Å². The lowest BCUT2D eigenvalue weighted by Crippen LogP contribution is -2.05. The Hall–Kier alpha value is -3.66. The van der Waals surface area contributed by atoms with Crippen LogP contribution in [-0.2, 0) is 9.53 Å². The van der Waals surface area contributed by atoms with Crippen LogP contribution in [0.15, 0.2) is 89.6 Å². The number of esters is 1. The SMILES string of the molecule is CCOc1ccc(C=C2N=C(c3ccc(-c4ccccc4)cc3)OC2=O)cc1. The van der Waals surface area contributed by atoms with Crippen LogP contribution in [0.5, 0.6) is 5.75 Å². The zero-order chi connectivity index (χ0) is 19.3. The van der Waals surface area contributed by atoms with E-state index in [9.17, 15) is 4.79 Å². The fraction of sp³-hybridized carbons (Fsp3) is 0.0833. The maximum absolute atomic E-state index is 12.2. The van der Waals surface area contributed by atoms with E-state index in [0.717, 1.165) is 28.0 Å². The summed E-state index contributed by atoms with van der Waals surface area (Å²) >= 11 is 0. The summed E-state index contributed by atoms with van der Waals surface area (Å²) in [6.45, 7) is 2.55. The van der Waals surface area contributed by atoms with Crippen molar-refractivity contribution in [1.29, 1.82) is 0 Å². The topological polar surface area (TPSA) is 47.9 Å². The number of benzene rings is 3. The monoisotopic (exact) mass is 369 g/mol. The summed E-state index contributed by atoms with van der Waals surface area (Å²) in [5.41, 5.74) is 4.14. The lowest BCUT2D eigenvalue weighted by molar-refractivity contribution is -0.129. The molecule has 0 spiro atoms. The third-order valence-corrected chi connectivity index (χ3v) is 4.35. The Morgan fingerprint density at radius 3 is 2.18 bits per heavy atom. The number of hydrogen-bond donors (Lipinski definition) is 0. The maximum atomic E-state index is 12.2. The Bertz CT molecular complexity index is 1030. The molecule has 0 aliphatic carbocycles. The van der Waals surface area contributed by atoms with Gasteiger partial charge >= 0.3 is 5.97 Å². The molecule has 3 aromatic carbocycles. The second kappa shape index (κ2) is 7.92. The van der Waals surface area contributed by atoms with Crippen molar-refractivity contribution in [1.82, 2.24) is 0 Å². The van der Waals surface area contributed by atoms with E-state index in [-0.39, 0.29) is 5.70 Å². The molecular formula is C24H19NO3. The van der Waals surface area contributed by atoms with Crippen molar-refractivity contribution in [2.45, 2.75) is 6.92 Å². The van der Waals surface area contributed by atoms with Crippen LogP contribution < -0.4 is 4.74 Å². The fourth-order valence-corrected chi connectivity index (χ4v) is 2.95. The van der Waals surface area contributed by atoms with Crippen LogP contribution in [0.3, 0.4) is 0 Å². The first-order valence-corrected chi connectivity index (χ1v) is 9.14. The second-order valence-electron chi connectivity index (χ2n) is 6.28. The van der Waals surface area contributed by atoms with Gasteiger partial charge in [0.2, 0.25) is 5.90 Å². The van der Waals surface area contributed by atoms with Crippen molar-refractivity contribution in [3.63, 3.8) is 0 Å². The van der Waals surface area contributed by atoms with Gasteiger partial charge < -0.3 is 9.47 Å². The highest BCUT2D eigenvalue weighted by Crippen LogP contribution is 2.23. The molecule has 0 aromatic heterocycles. The van der Waals surface area contributed by atoms with Crippen molar-refractivity contribution < 1.29 is 14.3 Å². The number of cyclic esters (lactones) is 1. The van der Waals surface area contributed by atoms with Gasteiger partial charge in [-0.2, -0.15) is 0 Å². The molecule has 0 saturated carbocycles. The summed E-state index contributed by atoms with van der Waals surface area (Å²) < 4.78 is 10.8. The molecule has 4 rings (SSSR count). The maximum Gasteiger partial charge on any atom is 0.363 e. The number of aliphatic imine (C=N–C) groups is 1. The third kappa shape index (κ3) is 3.86. The molecule has 0 amide bonds. The lowest BCUT2D eigenvalue weighted by atomic mass is 10.0. The smallest absolute Gasteiger partial charge is 0.363 e.